The highest BCUT2D eigenvalue weighted by molar-refractivity contribution is 7.99. The Hall–Kier alpha value is -2.42. The topological polar surface area (TPSA) is 79.4 Å². The summed E-state index contributed by atoms with van der Waals surface area (Å²) in [7, 11) is -3.47. The number of carbonyl (C=O) groups excluding carboxylic acids is 1. The minimum Gasteiger partial charge on any atom is -0.325 e. The fourth-order valence-corrected chi connectivity index (χ4v) is 6.49. The molecule has 8 heteroatoms. The lowest BCUT2D eigenvalue weighted by atomic mass is 10.1. The molecule has 1 amide bonds. The summed E-state index contributed by atoms with van der Waals surface area (Å²) in [4.78, 5) is 17.6. The monoisotopic (exact) mass is 483 g/mol. The van der Waals surface area contributed by atoms with Gasteiger partial charge in [0, 0.05) is 24.2 Å². The molecule has 4 rings (SSSR count). The van der Waals surface area contributed by atoms with Gasteiger partial charge < -0.3 is 5.32 Å². The number of anilines is 1. The molecule has 1 aliphatic heterocycles. The van der Waals surface area contributed by atoms with E-state index in [1.807, 2.05) is 38.1 Å². The highest BCUT2D eigenvalue weighted by Gasteiger charge is 2.27. The average molecular weight is 484 g/mol. The van der Waals surface area contributed by atoms with Crippen LogP contribution in [-0.2, 0) is 21.2 Å². The number of para-hydroxylation sites is 1. The van der Waals surface area contributed by atoms with E-state index in [0.29, 0.717) is 18.0 Å². The third kappa shape index (κ3) is 5.08. The Labute approximate surface area is 199 Å². The molecular weight excluding hydrogens is 454 g/mol. The molecule has 1 fully saturated rings. The van der Waals surface area contributed by atoms with E-state index in [4.69, 9.17) is 0 Å². The molecule has 0 radical (unpaired) electrons. The zero-order valence-electron chi connectivity index (χ0n) is 19.2. The van der Waals surface area contributed by atoms with Gasteiger partial charge in [-0.2, -0.15) is 4.31 Å². The van der Waals surface area contributed by atoms with Crippen molar-refractivity contribution in [3.63, 3.8) is 0 Å². The average Bonchev–Trinajstić information content (AvgIpc) is 3.35. The molecule has 2 heterocycles. The Bertz CT molecular complexity index is 1300. The second-order valence-corrected chi connectivity index (χ2v) is 11.3. The number of hydrogen-bond acceptors (Lipinski definition) is 5. The summed E-state index contributed by atoms with van der Waals surface area (Å²) in [5.74, 6) is 0.173. The Morgan fingerprint density at radius 3 is 2.58 bits per heavy atom. The number of rotatable bonds is 7. The maximum atomic E-state index is 12.9. The van der Waals surface area contributed by atoms with E-state index < -0.39 is 10.0 Å². The molecule has 1 N–H and O–H groups in total. The van der Waals surface area contributed by atoms with Crippen molar-refractivity contribution in [2.24, 2.45) is 0 Å². The first kappa shape index (κ1) is 23.7. The Balaban J connectivity index is 1.50. The molecule has 0 saturated carbocycles. The fraction of sp³-hybridized carbons (Fsp3) is 0.360. The third-order valence-electron chi connectivity index (χ3n) is 6.02. The first-order chi connectivity index (χ1) is 15.8. The molecule has 0 unspecified atom stereocenters. The lowest BCUT2D eigenvalue weighted by Crippen LogP contribution is -2.27. The van der Waals surface area contributed by atoms with E-state index in [2.05, 4.69) is 17.2 Å². The molecule has 0 atom stereocenters. The molecule has 6 nitrogen and oxygen atoms in total. The number of nitrogens with one attached hydrogen (secondary N) is 1. The van der Waals surface area contributed by atoms with Gasteiger partial charge in [-0.15, -0.1) is 0 Å². The van der Waals surface area contributed by atoms with Crippen LogP contribution < -0.4 is 5.32 Å². The van der Waals surface area contributed by atoms with Gasteiger partial charge in [-0.3, -0.25) is 4.79 Å². The van der Waals surface area contributed by atoms with Gasteiger partial charge in [0.2, 0.25) is 15.9 Å². The smallest absolute Gasteiger partial charge is 0.243 e. The largest absolute Gasteiger partial charge is 0.325 e. The fourth-order valence-electron chi connectivity index (χ4n) is 4.17. The van der Waals surface area contributed by atoms with Crippen LogP contribution in [0.1, 0.15) is 36.5 Å². The summed E-state index contributed by atoms with van der Waals surface area (Å²) in [5, 5.41) is 4.60. The van der Waals surface area contributed by atoms with Crippen molar-refractivity contribution in [1.29, 1.82) is 0 Å². The van der Waals surface area contributed by atoms with Gasteiger partial charge in [-0.05, 0) is 74.1 Å². The zero-order valence-corrected chi connectivity index (χ0v) is 20.9. The maximum Gasteiger partial charge on any atom is 0.243 e. The van der Waals surface area contributed by atoms with Crippen LogP contribution >= 0.6 is 11.8 Å². The minimum atomic E-state index is -3.47. The second-order valence-electron chi connectivity index (χ2n) is 8.37. The summed E-state index contributed by atoms with van der Waals surface area (Å²) in [6.07, 6.45) is 2.67. The SMILES string of the molecule is CCc1cccc(C)c1NC(=O)CSc1cc(C)c2cc(S(=O)(=O)N3CCCC3)ccc2n1. The van der Waals surface area contributed by atoms with Gasteiger partial charge >= 0.3 is 0 Å². The van der Waals surface area contributed by atoms with E-state index in [9.17, 15) is 13.2 Å². The zero-order chi connectivity index (χ0) is 23.6. The number of thioether (sulfide) groups is 1. The lowest BCUT2D eigenvalue weighted by Gasteiger charge is -2.16. The second kappa shape index (κ2) is 9.83. The van der Waals surface area contributed by atoms with Crippen LogP contribution in [0.2, 0.25) is 0 Å². The number of aromatic nitrogens is 1. The molecule has 0 bridgehead atoms. The number of fused-ring (bicyclic) bond motifs is 1. The number of benzene rings is 2. The molecule has 33 heavy (non-hydrogen) atoms. The van der Waals surface area contributed by atoms with E-state index in [1.54, 1.807) is 22.5 Å². The van der Waals surface area contributed by atoms with Crippen molar-refractivity contribution >= 4 is 44.3 Å². The van der Waals surface area contributed by atoms with Crippen LogP contribution in [0.5, 0.6) is 0 Å². The van der Waals surface area contributed by atoms with Gasteiger partial charge in [-0.25, -0.2) is 13.4 Å². The highest BCUT2D eigenvalue weighted by atomic mass is 32.2. The van der Waals surface area contributed by atoms with Crippen LogP contribution in [0.4, 0.5) is 5.69 Å². The van der Waals surface area contributed by atoms with Crippen molar-refractivity contribution in [2.75, 3.05) is 24.2 Å². The van der Waals surface area contributed by atoms with Gasteiger partial charge in [0.25, 0.3) is 0 Å². The van der Waals surface area contributed by atoms with Crippen LogP contribution in [0.3, 0.4) is 0 Å². The summed E-state index contributed by atoms with van der Waals surface area (Å²) in [6, 6.07) is 13.1. The summed E-state index contributed by atoms with van der Waals surface area (Å²) in [6.45, 7) is 7.17. The van der Waals surface area contributed by atoms with Gasteiger partial charge in [0.1, 0.15) is 0 Å². The van der Waals surface area contributed by atoms with Crippen LogP contribution in [-0.4, -0.2) is 42.5 Å². The lowest BCUT2D eigenvalue weighted by molar-refractivity contribution is -0.113. The van der Waals surface area contributed by atoms with Crippen molar-refractivity contribution in [3.8, 4) is 0 Å². The van der Waals surface area contributed by atoms with Crippen molar-refractivity contribution in [1.82, 2.24) is 9.29 Å². The molecule has 174 valence electrons. The van der Waals surface area contributed by atoms with Crippen LogP contribution in [0, 0.1) is 13.8 Å². The van der Waals surface area contributed by atoms with Crippen LogP contribution in [0.15, 0.2) is 52.4 Å². The molecule has 1 aromatic heterocycles. The first-order valence-electron chi connectivity index (χ1n) is 11.2. The molecule has 1 saturated heterocycles. The number of amides is 1. The number of sulfonamides is 1. The molecule has 2 aromatic carbocycles. The van der Waals surface area contributed by atoms with E-state index >= 15 is 0 Å². The van der Waals surface area contributed by atoms with E-state index in [1.165, 1.54) is 11.8 Å². The predicted octanol–water partition coefficient (Wildman–Crippen LogP) is 4.93. The van der Waals surface area contributed by atoms with Gasteiger partial charge in [-0.1, -0.05) is 36.9 Å². The van der Waals surface area contributed by atoms with Crippen molar-refractivity contribution < 1.29 is 13.2 Å². The number of pyridine rings is 1. The van der Waals surface area contributed by atoms with Crippen molar-refractivity contribution in [3.05, 3.63) is 59.2 Å². The number of carbonyl (C=O) groups is 1. The Morgan fingerprint density at radius 2 is 1.85 bits per heavy atom. The van der Waals surface area contributed by atoms with Gasteiger partial charge in [0.05, 0.1) is 21.2 Å². The normalized spacial score (nSPS) is 14.6. The molecule has 0 spiro atoms. The Morgan fingerprint density at radius 1 is 1.09 bits per heavy atom. The molecule has 1 aliphatic rings. The Kier molecular flexibility index (Phi) is 7.07. The first-order valence-corrected chi connectivity index (χ1v) is 13.6. The molecule has 0 aliphatic carbocycles. The standard InChI is InChI=1S/C25H29N3O3S2/c1-4-19-9-7-8-17(2)25(19)27-23(29)16-32-24-14-18(3)21-15-20(10-11-22(21)26-24)33(30,31)28-12-5-6-13-28/h7-11,14-15H,4-6,12-13,16H2,1-3H3,(H,27,29). The number of hydrogen-bond donors (Lipinski definition) is 1. The van der Waals surface area contributed by atoms with E-state index in [-0.39, 0.29) is 11.7 Å². The van der Waals surface area contributed by atoms with Gasteiger partial charge in [0.15, 0.2) is 0 Å². The summed E-state index contributed by atoms with van der Waals surface area (Å²) < 4.78 is 27.4. The third-order valence-corrected chi connectivity index (χ3v) is 8.83. The van der Waals surface area contributed by atoms with E-state index in [0.717, 1.165) is 57.6 Å². The quantitative estimate of drug-likeness (QED) is 0.482. The van der Waals surface area contributed by atoms with Crippen LogP contribution in [0.25, 0.3) is 10.9 Å². The predicted molar refractivity (Wildman–Crippen MR) is 134 cm³/mol. The summed E-state index contributed by atoms with van der Waals surface area (Å²) >= 11 is 1.38. The van der Waals surface area contributed by atoms with Crippen molar-refractivity contribution in [2.45, 2.75) is 50.0 Å². The maximum absolute atomic E-state index is 12.9. The minimum absolute atomic E-state index is 0.0735. The number of nitrogens with zero attached hydrogens (tertiary/aromatic N) is 2. The number of aryl methyl sites for hydroxylation is 3. The molecular formula is C25H29N3O3S2. The highest BCUT2D eigenvalue weighted by Crippen LogP contribution is 2.29. The summed E-state index contributed by atoms with van der Waals surface area (Å²) in [5.41, 5.74) is 4.72. The molecule has 3 aromatic rings.